The average molecular weight is 367 g/mol. The molecule has 2 N–H and O–H groups in total. The van der Waals surface area contributed by atoms with Crippen molar-refractivity contribution < 1.29 is 33.7 Å². The highest BCUT2D eigenvalue weighted by molar-refractivity contribution is 5.80. The molecular weight excluding hydrogens is 342 g/mol. The number of aliphatic hydroxyl groups excluding tert-OH is 1. The molecule has 0 bridgehead atoms. The number of hydrogen-bond acceptors (Lipinski definition) is 7. The maximum absolute atomic E-state index is 11.6. The van der Waals surface area contributed by atoms with Crippen LogP contribution in [0.2, 0.25) is 0 Å². The second kappa shape index (κ2) is 12.0. The zero-order valence-corrected chi connectivity index (χ0v) is 15.0. The Morgan fingerprint density at radius 2 is 1.85 bits per heavy atom. The first-order chi connectivity index (χ1) is 12.4. The van der Waals surface area contributed by atoms with Gasteiger partial charge in [0.05, 0.1) is 6.61 Å². The van der Waals surface area contributed by atoms with E-state index in [0.29, 0.717) is 6.42 Å². The van der Waals surface area contributed by atoms with Crippen LogP contribution in [0.3, 0.4) is 0 Å². The highest BCUT2D eigenvalue weighted by atomic mass is 16.6. The molecule has 1 amide bonds. The maximum atomic E-state index is 11.6. The van der Waals surface area contributed by atoms with E-state index >= 15 is 0 Å². The molecule has 2 atom stereocenters. The monoisotopic (exact) mass is 367 g/mol. The summed E-state index contributed by atoms with van der Waals surface area (Å²) in [4.78, 5) is 33.7. The molecule has 0 aliphatic carbocycles. The number of rotatable bonds is 11. The Hall–Kier alpha value is -2.45. The minimum absolute atomic E-state index is 0.106. The van der Waals surface area contributed by atoms with Gasteiger partial charge in [0, 0.05) is 13.3 Å². The van der Waals surface area contributed by atoms with Crippen LogP contribution in [0.5, 0.6) is 0 Å². The summed E-state index contributed by atoms with van der Waals surface area (Å²) in [5.41, 5.74) is 0.905. The van der Waals surface area contributed by atoms with Crippen LogP contribution in [-0.2, 0) is 35.2 Å². The van der Waals surface area contributed by atoms with E-state index in [1.54, 1.807) is 0 Å². The molecule has 144 valence electrons. The van der Waals surface area contributed by atoms with Crippen LogP contribution in [0.15, 0.2) is 30.3 Å². The smallest absolute Gasteiger partial charge is 0.325 e. The van der Waals surface area contributed by atoms with E-state index in [2.05, 4.69) is 5.32 Å². The van der Waals surface area contributed by atoms with Gasteiger partial charge in [0.2, 0.25) is 5.91 Å². The molecule has 2 unspecified atom stereocenters. The summed E-state index contributed by atoms with van der Waals surface area (Å²) < 4.78 is 15.2. The van der Waals surface area contributed by atoms with Gasteiger partial charge >= 0.3 is 11.9 Å². The van der Waals surface area contributed by atoms with E-state index in [1.165, 1.54) is 13.8 Å². The third kappa shape index (κ3) is 9.75. The van der Waals surface area contributed by atoms with Crippen molar-refractivity contribution in [1.29, 1.82) is 0 Å². The molecule has 8 heteroatoms. The lowest BCUT2D eigenvalue weighted by Crippen LogP contribution is -2.35. The van der Waals surface area contributed by atoms with Gasteiger partial charge in [-0.15, -0.1) is 0 Å². The number of aliphatic hydroxyl groups is 1. The second-order valence-corrected chi connectivity index (χ2v) is 5.62. The van der Waals surface area contributed by atoms with Gasteiger partial charge in [0.1, 0.15) is 19.3 Å². The van der Waals surface area contributed by atoms with E-state index in [4.69, 9.17) is 14.2 Å². The number of benzene rings is 1. The van der Waals surface area contributed by atoms with Crippen molar-refractivity contribution in [2.75, 3.05) is 13.2 Å². The van der Waals surface area contributed by atoms with Crippen molar-refractivity contribution >= 4 is 17.8 Å². The Morgan fingerprint density at radius 3 is 2.50 bits per heavy atom. The van der Waals surface area contributed by atoms with Crippen LogP contribution in [0.4, 0.5) is 0 Å². The SMILES string of the molecule is CC(=O)NCC(=O)OC(C)C(O)OCCCC(=O)OCc1ccccc1. The van der Waals surface area contributed by atoms with Crippen LogP contribution in [0.1, 0.15) is 32.3 Å². The summed E-state index contributed by atoms with van der Waals surface area (Å²) in [7, 11) is 0. The molecule has 0 saturated heterocycles. The van der Waals surface area contributed by atoms with E-state index in [9.17, 15) is 19.5 Å². The van der Waals surface area contributed by atoms with E-state index < -0.39 is 18.4 Å². The first-order valence-corrected chi connectivity index (χ1v) is 8.31. The van der Waals surface area contributed by atoms with E-state index in [0.717, 1.165) is 5.56 Å². The molecule has 0 aliphatic rings. The van der Waals surface area contributed by atoms with E-state index in [1.807, 2.05) is 30.3 Å². The van der Waals surface area contributed by atoms with Crippen LogP contribution in [0.25, 0.3) is 0 Å². The Labute approximate surface area is 152 Å². The number of carbonyl (C=O) groups is 3. The summed E-state index contributed by atoms with van der Waals surface area (Å²) in [6.45, 7) is 2.78. The second-order valence-electron chi connectivity index (χ2n) is 5.62. The quantitative estimate of drug-likeness (QED) is 0.340. The number of nitrogens with one attached hydrogen (secondary N) is 1. The lowest BCUT2D eigenvalue weighted by Gasteiger charge is -2.19. The van der Waals surface area contributed by atoms with Gasteiger partial charge in [-0.2, -0.15) is 0 Å². The summed E-state index contributed by atoms with van der Waals surface area (Å²) in [6.07, 6.45) is -1.72. The first kappa shape index (κ1) is 21.6. The third-order valence-electron chi connectivity index (χ3n) is 3.26. The molecule has 0 fully saturated rings. The number of esters is 2. The minimum atomic E-state index is -1.32. The molecule has 0 saturated carbocycles. The van der Waals surface area contributed by atoms with Crippen molar-refractivity contribution in [2.24, 2.45) is 0 Å². The Kier molecular flexibility index (Phi) is 9.96. The fourth-order valence-corrected chi connectivity index (χ4v) is 1.87. The molecule has 0 aromatic heterocycles. The summed E-state index contributed by atoms with van der Waals surface area (Å²) in [5.74, 6) is -1.40. The van der Waals surface area contributed by atoms with Gasteiger partial charge in [-0.05, 0) is 18.9 Å². The standard InChI is InChI=1S/C18H25NO7/c1-13(26-17(22)11-19-14(2)20)18(23)24-10-6-9-16(21)25-12-15-7-4-3-5-8-15/h3-5,7-8,13,18,23H,6,9-12H2,1-2H3,(H,19,20). The Morgan fingerprint density at radius 1 is 1.15 bits per heavy atom. The zero-order chi connectivity index (χ0) is 19.4. The van der Waals surface area contributed by atoms with Crippen molar-refractivity contribution in [1.82, 2.24) is 5.32 Å². The van der Waals surface area contributed by atoms with E-state index in [-0.39, 0.29) is 38.1 Å². The Balaban J connectivity index is 2.12. The predicted octanol–water partition coefficient (Wildman–Crippen LogP) is 0.913. The molecule has 26 heavy (non-hydrogen) atoms. The molecule has 1 aromatic carbocycles. The summed E-state index contributed by atoms with van der Waals surface area (Å²) in [5, 5.41) is 12.0. The van der Waals surface area contributed by atoms with Crippen LogP contribution in [0, 0.1) is 0 Å². The Bertz CT molecular complexity index is 576. The molecule has 1 rings (SSSR count). The predicted molar refractivity (Wildman–Crippen MR) is 91.7 cm³/mol. The van der Waals surface area contributed by atoms with Crippen LogP contribution in [-0.4, -0.2) is 48.5 Å². The number of ether oxygens (including phenoxy) is 3. The molecule has 0 aliphatic heterocycles. The molecular formula is C18H25NO7. The average Bonchev–Trinajstić information content (AvgIpc) is 2.62. The lowest BCUT2D eigenvalue weighted by molar-refractivity contribution is -0.186. The molecule has 8 nitrogen and oxygen atoms in total. The number of amides is 1. The number of carbonyl (C=O) groups excluding carboxylic acids is 3. The van der Waals surface area contributed by atoms with Gasteiger partial charge in [0.15, 0.2) is 6.29 Å². The van der Waals surface area contributed by atoms with Crippen molar-refractivity contribution in [3.05, 3.63) is 35.9 Å². The number of hydrogen-bond donors (Lipinski definition) is 2. The lowest BCUT2D eigenvalue weighted by atomic mass is 10.2. The van der Waals surface area contributed by atoms with Gasteiger partial charge in [-0.25, -0.2) is 0 Å². The van der Waals surface area contributed by atoms with Crippen LogP contribution >= 0.6 is 0 Å². The van der Waals surface area contributed by atoms with Gasteiger partial charge in [0.25, 0.3) is 0 Å². The molecule has 0 spiro atoms. The normalized spacial score (nSPS) is 12.7. The van der Waals surface area contributed by atoms with Gasteiger partial charge in [-0.3, -0.25) is 14.4 Å². The zero-order valence-electron chi connectivity index (χ0n) is 15.0. The topological polar surface area (TPSA) is 111 Å². The fourth-order valence-electron chi connectivity index (χ4n) is 1.87. The molecule has 0 heterocycles. The largest absolute Gasteiger partial charge is 0.461 e. The fraction of sp³-hybridized carbons (Fsp3) is 0.500. The molecule has 0 radical (unpaired) electrons. The van der Waals surface area contributed by atoms with Crippen molar-refractivity contribution in [3.8, 4) is 0 Å². The highest BCUT2D eigenvalue weighted by Crippen LogP contribution is 2.05. The summed E-state index contributed by atoms with van der Waals surface area (Å²) in [6, 6.07) is 9.33. The van der Waals surface area contributed by atoms with Crippen LogP contribution < -0.4 is 5.32 Å². The highest BCUT2D eigenvalue weighted by Gasteiger charge is 2.19. The van der Waals surface area contributed by atoms with Crippen molar-refractivity contribution in [3.63, 3.8) is 0 Å². The maximum Gasteiger partial charge on any atom is 0.325 e. The summed E-state index contributed by atoms with van der Waals surface area (Å²) >= 11 is 0. The first-order valence-electron chi connectivity index (χ1n) is 8.31. The third-order valence-corrected chi connectivity index (χ3v) is 3.26. The minimum Gasteiger partial charge on any atom is -0.461 e. The van der Waals surface area contributed by atoms with Gasteiger partial charge < -0.3 is 24.6 Å². The molecule has 1 aromatic rings. The van der Waals surface area contributed by atoms with Gasteiger partial charge in [-0.1, -0.05) is 30.3 Å². The van der Waals surface area contributed by atoms with Crippen molar-refractivity contribution in [2.45, 2.75) is 45.7 Å².